The van der Waals surface area contributed by atoms with Crippen molar-refractivity contribution in [3.63, 3.8) is 0 Å². The van der Waals surface area contributed by atoms with Gasteiger partial charge in [-0.15, -0.1) is 12.6 Å². The number of pyridine rings is 1. The number of methoxy groups -OCH3 is 1. The fourth-order valence-electron chi connectivity index (χ4n) is 0.669. The van der Waals surface area contributed by atoms with Crippen molar-refractivity contribution in [3.05, 3.63) is 23.5 Å². The minimum atomic E-state index is 0.273. The van der Waals surface area contributed by atoms with Crippen molar-refractivity contribution in [3.8, 4) is 0 Å². The zero-order chi connectivity index (χ0) is 8.97. The van der Waals surface area contributed by atoms with Crippen molar-refractivity contribution in [2.24, 2.45) is 4.99 Å². The molecule has 1 rings (SSSR count). The van der Waals surface area contributed by atoms with Crippen molar-refractivity contribution < 1.29 is 9.47 Å². The summed E-state index contributed by atoms with van der Waals surface area (Å²) in [6, 6.07) is 3.24. The summed E-state index contributed by atoms with van der Waals surface area (Å²) in [7, 11) is 1.46. The van der Waals surface area contributed by atoms with E-state index in [-0.39, 0.29) is 5.82 Å². The monoisotopic (exact) mass is 184 g/mol. The van der Waals surface area contributed by atoms with E-state index in [0.29, 0.717) is 9.63 Å². The lowest BCUT2D eigenvalue weighted by Crippen LogP contribution is -2.25. The molecule has 0 unspecified atom stereocenters. The summed E-state index contributed by atoms with van der Waals surface area (Å²) < 4.78 is 5.19. The first kappa shape index (κ1) is 8.86. The molecule has 1 aromatic heterocycles. The molecule has 0 N–H and O–H groups in total. The van der Waals surface area contributed by atoms with Crippen molar-refractivity contribution >= 4 is 24.8 Å². The van der Waals surface area contributed by atoms with E-state index in [2.05, 4.69) is 22.4 Å². The number of ether oxygens (including phenoxy) is 1. The van der Waals surface area contributed by atoms with Crippen molar-refractivity contribution in [2.45, 2.75) is 4.90 Å². The van der Waals surface area contributed by atoms with Crippen LogP contribution in [0.1, 0.15) is 0 Å². The molecule has 0 atom stereocenters. The van der Waals surface area contributed by atoms with Crippen LogP contribution >= 0.6 is 12.6 Å². The molecule has 0 saturated carbocycles. The van der Waals surface area contributed by atoms with Gasteiger partial charge in [-0.3, -0.25) is 0 Å². The Bertz CT molecular complexity index is 301. The van der Waals surface area contributed by atoms with Crippen LogP contribution in [0.2, 0.25) is 0 Å². The lowest BCUT2D eigenvalue weighted by Gasteiger charge is -2.02. The molecule has 5 heteroatoms. The zero-order valence-electron chi connectivity index (χ0n) is 6.47. The summed E-state index contributed by atoms with van der Waals surface area (Å²) in [5.41, 5.74) is 0. The van der Waals surface area contributed by atoms with Crippen LogP contribution in [0, 0.1) is 5.21 Å². The third kappa shape index (κ3) is 2.13. The Hall–Kier alpha value is -1.23. The molecule has 0 saturated heterocycles. The Morgan fingerprint density at radius 2 is 2.42 bits per heavy atom. The number of rotatable bonds is 2. The summed E-state index contributed by atoms with van der Waals surface area (Å²) in [5, 5.41) is 11.0. The number of hydrogen-bond donors (Lipinski definition) is 1. The van der Waals surface area contributed by atoms with Crippen LogP contribution in [0.15, 0.2) is 28.2 Å². The molecule has 0 radical (unpaired) electrons. The van der Waals surface area contributed by atoms with Gasteiger partial charge in [0.1, 0.15) is 6.20 Å². The van der Waals surface area contributed by atoms with Gasteiger partial charge in [-0.05, 0) is 11.1 Å². The molecule has 0 aromatic carbocycles. The van der Waals surface area contributed by atoms with E-state index in [0.717, 1.165) is 0 Å². The second kappa shape index (κ2) is 3.96. The molecule has 1 aromatic rings. The highest BCUT2D eigenvalue weighted by molar-refractivity contribution is 7.80. The van der Waals surface area contributed by atoms with Crippen LogP contribution in [0.5, 0.6) is 0 Å². The van der Waals surface area contributed by atoms with Gasteiger partial charge >= 0.3 is 5.82 Å². The van der Waals surface area contributed by atoms with Crippen LogP contribution in [0.3, 0.4) is 0 Å². The summed E-state index contributed by atoms with van der Waals surface area (Å²) in [6.45, 7) is 0. The standard InChI is InChI=1S/C7H8N2O2S/c1-11-5-8-7-3-2-6(12)4-9(7)10/h2-5,12H,1H3. The van der Waals surface area contributed by atoms with Crippen LogP contribution in [0.25, 0.3) is 0 Å². The van der Waals surface area contributed by atoms with Crippen LogP contribution in [0.4, 0.5) is 5.82 Å². The fourth-order valence-corrected chi connectivity index (χ4v) is 0.849. The maximum Gasteiger partial charge on any atom is 0.329 e. The van der Waals surface area contributed by atoms with E-state index in [1.807, 2.05) is 0 Å². The molecule has 12 heavy (non-hydrogen) atoms. The maximum atomic E-state index is 11.0. The number of aromatic nitrogens is 1. The van der Waals surface area contributed by atoms with Gasteiger partial charge < -0.3 is 9.94 Å². The topological polar surface area (TPSA) is 48.5 Å². The Balaban J connectivity index is 2.94. The molecule has 0 aliphatic carbocycles. The fraction of sp³-hybridized carbons (Fsp3) is 0.143. The Labute approximate surface area is 75.5 Å². The molecule has 0 aliphatic rings. The van der Waals surface area contributed by atoms with Gasteiger partial charge in [0, 0.05) is 11.0 Å². The SMILES string of the molecule is COC=Nc1ccc(S)c[n+]1[O-]. The van der Waals surface area contributed by atoms with Crippen LogP contribution < -0.4 is 4.73 Å². The minimum Gasteiger partial charge on any atom is -0.710 e. The highest BCUT2D eigenvalue weighted by Crippen LogP contribution is 2.07. The molecule has 64 valence electrons. The molecule has 4 nitrogen and oxygen atoms in total. The summed E-state index contributed by atoms with van der Waals surface area (Å²) >= 11 is 3.99. The number of thiol groups is 1. The van der Waals surface area contributed by atoms with E-state index >= 15 is 0 Å². The lowest BCUT2D eigenvalue weighted by molar-refractivity contribution is -0.593. The predicted octanol–water partition coefficient (Wildman–Crippen LogP) is 0.915. The largest absolute Gasteiger partial charge is 0.710 e. The van der Waals surface area contributed by atoms with E-state index in [9.17, 15) is 5.21 Å². The Kier molecular flexibility index (Phi) is 2.93. The van der Waals surface area contributed by atoms with Crippen molar-refractivity contribution in [2.75, 3.05) is 7.11 Å². The molecular weight excluding hydrogens is 176 g/mol. The zero-order valence-corrected chi connectivity index (χ0v) is 7.36. The van der Waals surface area contributed by atoms with E-state index < -0.39 is 0 Å². The van der Waals surface area contributed by atoms with Gasteiger partial charge in [0.05, 0.1) is 7.11 Å². The molecular formula is C7H8N2O2S. The molecule has 0 fully saturated rings. The quantitative estimate of drug-likeness (QED) is 0.244. The number of aliphatic imine (C=N–C) groups is 1. The van der Waals surface area contributed by atoms with Crippen LogP contribution in [-0.2, 0) is 4.74 Å². The van der Waals surface area contributed by atoms with E-state index in [1.54, 1.807) is 12.1 Å². The molecule has 0 bridgehead atoms. The average Bonchev–Trinajstić information content (AvgIpc) is 2.03. The second-order valence-corrected chi connectivity index (χ2v) is 2.56. The van der Waals surface area contributed by atoms with Gasteiger partial charge in [-0.1, -0.05) is 0 Å². The lowest BCUT2D eigenvalue weighted by atomic mass is 10.5. The normalized spacial score (nSPS) is 10.5. The first-order valence-corrected chi connectivity index (χ1v) is 3.66. The van der Waals surface area contributed by atoms with Gasteiger partial charge in [0.2, 0.25) is 0 Å². The molecule has 0 spiro atoms. The number of nitrogens with zero attached hydrogens (tertiary/aromatic N) is 2. The summed E-state index contributed by atoms with van der Waals surface area (Å²) in [5.74, 6) is 0.273. The first-order valence-electron chi connectivity index (χ1n) is 3.21. The van der Waals surface area contributed by atoms with Gasteiger partial charge in [0.25, 0.3) is 6.40 Å². The highest BCUT2D eigenvalue weighted by atomic mass is 32.1. The van der Waals surface area contributed by atoms with E-state index in [1.165, 1.54) is 19.7 Å². The van der Waals surface area contributed by atoms with Crippen molar-refractivity contribution in [1.82, 2.24) is 0 Å². The van der Waals surface area contributed by atoms with E-state index in [4.69, 9.17) is 0 Å². The van der Waals surface area contributed by atoms with Gasteiger partial charge in [-0.25, -0.2) is 4.73 Å². The Morgan fingerprint density at radius 3 is 3.00 bits per heavy atom. The first-order chi connectivity index (χ1) is 5.74. The van der Waals surface area contributed by atoms with Gasteiger partial charge in [0.15, 0.2) is 0 Å². The predicted molar refractivity (Wildman–Crippen MR) is 47.8 cm³/mol. The number of hydrogen-bond acceptors (Lipinski definition) is 4. The molecule has 0 aliphatic heterocycles. The maximum absolute atomic E-state index is 11.0. The third-order valence-electron chi connectivity index (χ3n) is 1.17. The Morgan fingerprint density at radius 1 is 1.67 bits per heavy atom. The third-order valence-corrected chi connectivity index (χ3v) is 1.43. The molecule has 0 amide bonds. The highest BCUT2D eigenvalue weighted by Gasteiger charge is 2.00. The molecule has 1 heterocycles. The minimum absolute atomic E-state index is 0.273. The van der Waals surface area contributed by atoms with Crippen molar-refractivity contribution in [1.29, 1.82) is 0 Å². The smallest absolute Gasteiger partial charge is 0.329 e. The average molecular weight is 184 g/mol. The summed E-state index contributed by atoms with van der Waals surface area (Å²) in [6.07, 6.45) is 2.52. The second-order valence-electron chi connectivity index (χ2n) is 2.04. The summed E-state index contributed by atoms with van der Waals surface area (Å²) in [4.78, 5) is 4.33. The van der Waals surface area contributed by atoms with Crippen LogP contribution in [-0.4, -0.2) is 13.5 Å². The van der Waals surface area contributed by atoms with Gasteiger partial charge in [-0.2, -0.15) is 0 Å².